The molecule has 4 nitrogen and oxygen atoms in total. The van der Waals surface area contributed by atoms with Crippen LogP contribution in [-0.4, -0.2) is 28.6 Å². The standard InChI is InChI=1S/C15H22N4/c1-10-18-14-6-5-11(9-15(14)19-10)7-8-17-13-4-2-3-12(13)16/h5-6,9,12-13,17H,2-4,7-8,16H2,1H3,(H,18,19). The molecule has 0 aliphatic heterocycles. The second-order valence-electron chi connectivity index (χ2n) is 5.58. The minimum absolute atomic E-state index is 0.345. The monoisotopic (exact) mass is 258 g/mol. The van der Waals surface area contributed by atoms with Gasteiger partial charge in [0.05, 0.1) is 11.0 Å². The number of nitrogens with one attached hydrogen (secondary N) is 2. The van der Waals surface area contributed by atoms with Gasteiger partial charge in [0.15, 0.2) is 0 Å². The molecule has 4 heteroatoms. The summed E-state index contributed by atoms with van der Waals surface area (Å²) < 4.78 is 0. The highest BCUT2D eigenvalue weighted by molar-refractivity contribution is 5.75. The van der Waals surface area contributed by atoms with Gasteiger partial charge in [-0.1, -0.05) is 12.5 Å². The highest BCUT2D eigenvalue weighted by atomic mass is 15.0. The van der Waals surface area contributed by atoms with E-state index in [0.717, 1.165) is 36.2 Å². The van der Waals surface area contributed by atoms with Crippen molar-refractivity contribution in [2.24, 2.45) is 5.73 Å². The van der Waals surface area contributed by atoms with Crippen LogP contribution in [0.5, 0.6) is 0 Å². The Balaban J connectivity index is 1.58. The summed E-state index contributed by atoms with van der Waals surface area (Å²) in [6.07, 6.45) is 4.69. The second-order valence-corrected chi connectivity index (χ2v) is 5.58. The van der Waals surface area contributed by atoms with Crippen LogP contribution in [0.1, 0.15) is 30.7 Å². The zero-order valence-electron chi connectivity index (χ0n) is 11.4. The summed E-state index contributed by atoms with van der Waals surface area (Å²) in [5.41, 5.74) is 9.58. The van der Waals surface area contributed by atoms with Gasteiger partial charge in [-0.15, -0.1) is 0 Å². The molecule has 1 aliphatic rings. The molecule has 4 N–H and O–H groups in total. The molecule has 1 fully saturated rings. The summed E-state index contributed by atoms with van der Waals surface area (Å²) in [6, 6.07) is 7.32. The van der Waals surface area contributed by atoms with Crippen molar-refractivity contribution >= 4 is 11.0 Å². The van der Waals surface area contributed by atoms with Crippen LogP contribution < -0.4 is 11.1 Å². The number of aryl methyl sites for hydroxylation is 1. The molecule has 19 heavy (non-hydrogen) atoms. The molecule has 2 unspecified atom stereocenters. The molecule has 1 heterocycles. The Morgan fingerprint density at radius 1 is 1.42 bits per heavy atom. The van der Waals surface area contributed by atoms with Crippen molar-refractivity contribution in [1.82, 2.24) is 15.3 Å². The fraction of sp³-hybridized carbons (Fsp3) is 0.533. The SMILES string of the molecule is Cc1nc2ccc(CCNC3CCCC3N)cc2[nH]1. The molecular weight excluding hydrogens is 236 g/mol. The lowest BCUT2D eigenvalue weighted by atomic mass is 10.1. The van der Waals surface area contributed by atoms with E-state index in [1.54, 1.807) is 0 Å². The number of aromatic amines is 1. The predicted molar refractivity (Wildman–Crippen MR) is 78.2 cm³/mol. The Kier molecular flexibility index (Phi) is 3.53. The fourth-order valence-corrected chi connectivity index (χ4v) is 2.98. The van der Waals surface area contributed by atoms with Crippen LogP contribution >= 0.6 is 0 Å². The normalized spacial score (nSPS) is 23.3. The molecule has 3 rings (SSSR count). The third-order valence-electron chi connectivity index (χ3n) is 4.05. The van der Waals surface area contributed by atoms with Crippen LogP contribution in [0.3, 0.4) is 0 Å². The number of fused-ring (bicyclic) bond motifs is 1. The number of imidazole rings is 1. The van der Waals surface area contributed by atoms with Crippen LogP contribution in [-0.2, 0) is 6.42 Å². The van der Waals surface area contributed by atoms with E-state index in [-0.39, 0.29) is 0 Å². The number of rotatable bonds is 4. The van der Waals surface area contributed by atoms with Crippen molar-refractivity contribution in [3.8, 4) is 0 Å². The van der Waals surface area contributed by atoms with Gasteiger partial charge in [0.1, 0.15) is 5.82 Å². The molecule has 1 aromatic carbocycles. The van der Waals surface area contributed by atoms with Crippen molar-refractivity contribution in [2.75, 3.05) is 6.54 Å². The first-order valence-electron chi connectivity index (χ1n) is 7.16. The summed E-state index contributed by atoms with van der Waals surface area (Å²) in [4.78, 5) is 7.71. The summed E-state index contributed by atoms with van der Waals surface area (Å²) >= 11 is 0. The maximum absolute atomic E-state index is 6.06. The lowest BCUT2D eigenvalue weighted by Crippen LogP contribution is -2.41. The summed E-state index contributed by atoms with van der Waals surface area (Å²) in [5.74, 6) is 0.974. The minimum atomic E-state index is 0.345. The molecule has 2 atom stereocenters. The van der Waals surface area contributed by atoms with E-state index in [1.807, 2.05) is 6.92 Å². The highest BCUT2D eigenvalue weighted by Gasteiger charge is 2.22. The average molecular weight is 258 g/mol. The van der Waals surface area contributed by atoms with Crippen LogP contribution in [0.15, 0.2) is 18.2 Å². The van der Waals surface area contributed by atoms with E-state index < -0.39 is 0 Å². The number of hydrogen-bond acceptors (Lipinski definition) is 3. The second kappa shape index (κ2) is 5.31. The van der Waals surface area contributed by atoms with Gasteiger partial charge in [0, 0.05) is 12.1 Å². The Morgan fingerprint density at radius 3 is 3.11 bits per heavy atom. The van der Waals surface area contributed by atoms with Crippen molar-refractivity contribution in [3.05, 3.63) is 29.6 Å². The molecular formula is C15H22N4. The van der Waals surface area contributed by atoms with Gasteiger partial charge in [0.2, 0.25) is 0 Å². The molecule has 0 saturated heterocycles. The lowest BCUT2D eigenvalue weighted by Gasteiger charge is -2.17. The third-order valence-corrected chi connectivity index (χ3v) is 4.05. The Morgan fingerprint density at radius 2 is 2.32 bits per heavy atom. The molecule has 1 saturated carbocycles. The molecule has 2 aromatic rings. The molecule has 1 aliphatic carbocycles. The largest absolute Gasteiger partial charge is 0.342 e. The number of aromatic nitrogens is 2. The van der Waals surface area contributed by atoms with Crippen molar-refractivity contribution in [1.29, 1.82) is 0 Å². The van der Waals surface area contributed by atoms with E-state index in [4.69, 9.17) is 5.73 Å². The van der Waals surface area contributed by atoms with E-state index in [9.17, 15) is 0 Å². The van der Waals surface area contributed by atoms with Gasteiger partial charge >= 0.3 is 0 Å². The highest BCUT2D eigenvalue weighted by Crippen LogP contribution is 2.17. The van der Waals surface area contributed by atoms with E-state index in [1.165, 1.54) is 18.4 Å². The first-order chi connectivity index (χ1) is 9.22. The zero-order chi connectivity index (χ0) is 13.2. The minimum Gasteiger partial charge on any atom is -0.342 e. The average Bonchev–Trinajstić information content (AvgIpc) is 2.94. The number of benzene rings is 1. The van der Waals surface area contributed by atoms with E-state index in [2.05, 4.69) is 33.5 Å². The molecule has 0 radical (unpaired) electrons. The Labute approximate surface area is 113 Å². The van der Waals surface area contributed by atoms with Gasteiger partial charge in [0.25, 0.3) is 0 Å². The van der Waals surface area contributed by atoms with Gasteiger partial charge < -0.3 is 16.0 Å². The first kappa shape index (κ1) is 12.6. The topological polar surface area (TPSA) is 66.7 Å². The van der Waals surface area contributed by atoms with Gasteiger partial charge in [-0.25, -0.2) is 4.98 Å². The first-order valence-corrected chi connectivity index (χ1v) is 7.16. The van der Waals surface area contributed by atoms with Crippen molar-refractivity contribution in [2.45, 2.75) is 44.7 Å². The fourth-order valence-electron chi connectivity index (χ4n) is 2.98. The molecule has 0 bridgehead atoms. The third kappa shape index (κ3) is 2.80. The Bertz CT molecular complexity index is 560. The maximum atomic E-state index is 6.06. The number of H-pyrrole nitrogens is 1. The Hall–Kier alpha value is -1.39. The molecule has 0 amide bonds. The number of nitrogens with zero attached hydrogens (tertiary/aromatic N) is 1. The van der Waals surface area contributed by atoms with Gasteiger partial charge in [-0.05, 0) is 50.4 Å². The summed E-state index contributed by atoms with van der Waals surface area (Å²) in [5, 5.41) is 3.58. The molecule has 102 valence electrons. The van der Waals surface area contributed by atoms with Crippen molar-refractivity contribution < 1.29 is 0 Å². The summed E-state index contributed by atoms with van der Waals surface area (Å²) in [6.45, 7) is 2.99. The number of nitrogens with two attached hydrogens (primary N) is 1. The van der Waals surface area contributed by atoms with Crippen molar-refractivity contribution in [3.63, 3.8) is 0 Å². The van der Waals surface area contributed by atoms with Crippen LogP contribution in [0, 0.1) is 6.92 Å². The molecule has 1 aromatic heterocycles. The number of hydrogen-bond donors (Lipinski definition) is 3. The van der Waals surface area contributed by atoms with E-state index in [0.29, 0.717) is 12.1 Å². The lowest BCUT2D eigenvalue weighted by molar-refractivity contribution is 0.479. The summed E-state index contributed by atoms with van der Waals surface area (Å²) in [7, 11) is 0. The zero-order valence-corrected chi connectivity index (χ0v) is 11.4. The molecule has 0 spiro atoms. The maximum Gasteiger partial charge on any atom is 0.104 e. The smallest absolute Gasteiger partial charge is 0.104 e. The predicted octanol–water partition coefficient (Wildman–Crippen LogP) is 1.88. The van der Waals surface area contributed by atoms with Crippen LogP contribution in [0.2, 0.25) is 0 Å². The van der Waals surface area contributed by atoms with Gasteiger partial charge in [-0.2, -0.15) is 0 Å². The quantitative estimate of drug-likeness (QED) is 0.784. The van der Waals surface area contributed by atoms with Crippen LogP contribution in [0.4, 0.5) is 0 Å². The van der Waals surface area contributed by atoms with E-state index >= 15 is 0 Å². The van der Waals surface area contributed by atoms with Crippen LogP contribution in [0.25, 0.3) is 11.0 Å². The van der Waals surface area contributed by atoms with Gasteiger partial charge in [-0.3, -0.25) is 0 Å².